The molecule has 0 N–H and O–H groups in total. The largest absolute Gasteiger partial charge is 0.437 e. The summed E-state index contributed by atoms with van der Waals surface area (Å²) in [4.78, 5) is 23.2. The van der Waals surface area contributed by atoms with Crippen molar-refractivity contribution in [3.63, 3.8) is 0 Å². The molecule has 2 unspecified atom stereocenters. The Morgan fingerprint density at radius 3 is 1.18 bits per heavy atom. The Kier molecular flexibility index (Phi) is 19.0. The summed E-state index contributed by atoms with van der Waals surface area (Å²) < 4.78 is 154. The second kappa shape index (κ2) is 34.6. The van der Waals surface area contributed by atoms with Crippen molar-refractivity contribution >= 4 is 110 Å². The number of pyridine rings is 10. The van der Waals surface area contributed by atoms with Crippen LogP contribution in [0.25, 0.3) is 167 Å². The smallest absolute Gasteiger partial charge is 0.227 e. The molecule has 15 aromatic heterocycles. The third-order valence-electron chi connectivity index (χ3n) is 25.0. The van der Waals surface area contributed by atoms with Crippen LogP contribution >= 0.6 is 0 Å². The zero-order chi connectivity index (χ0) is 103. The van der Waals surface area contributed by atoms with Gasteiger partial charge in [0.15, 0.2) is 65.4 Å². The molecule has 16 heterocycles. The van der Waals surface area contributed by atoms with Crippen molar-refractivity contribution in [1.29, 1.82) is 0 Å². The average molecular weight is 1740 g/mol. The molecule has 1 aliphatic heterocycles. The molecule has 20 aromatic rings. The summed E-state index contributed by atoms with van der Waals surface area (Å²) in [5.41, 5.74) is 30.4. The van der Waals surface area contributed by atoms with Crippen LogP contribution in [0.3, 0.4) is 0 Å². The number of hydrogen-bond donors (Lipinski definition) is 0. The minimum absolute atomic E-state index is 0.00465. The van der Waals surface area contributed by atoms with Crippen LogP contribution < -0.4 is 22.8 Å². The van der Waals surface area contributed by atoms with Crippen molar-refractivity contribution < 1.29 is 64.1 Å². The molecule has 656 valence electrons. The number of aromatic nitrogens is 10. The van der Waals surface area contributed by atoms with Crippen molar-refractivity contribution in [2.75, 3.05) is 0 Å². The highest BCUT2D eigenvalue weighted by atomic mass is 16.4. The van der Waals surface area contributed by atoms with Crippen LogP contribution in [0, 0.1) is 73.6 Å². The van der Waals surface area contributed by atoms with Crippen molar-refractivity contribution in [1.82, 2.24) is 24.9 Å². The number of furan rings is 5. The van der Waals surface area contributed by atoms with Crippen molar-refractivity contribution in [3.8, 4) is 56.3 Å². The number of fused-ring (bicyclic) bond motifs is 19. The summed E-state index contributed by atoms with van der Waals surface area (Å²) in [6.07, 6.45) is 10.4. The van der Waals surface area contributed by atoms with E-state index in [1.54, 1.807) is 12.1 Å². The molecule has 0 amide bonds. The van der Waals surface area contributed by atoms with E-state index in [0.29, 0.717) is 76.2 Å². The third kappa shape index (κ3) is 16.9. The standard InChI is InChI=1S/C24H27N2O.C23H21N2O.2C23H25N2O.C22H23N2O/c1-15-7-12-20(26(6)14-15)21-16(2)8-10-18-19-11-9-17(13-24(3,4)5)25-23(19)27-22(18)21;1-14-6-11-20-21-16(13-25(20)12-14)7-8-17-18-9-10-19(15-4-2-3-5-15)24-23(18)26-22(17)21;1-14-7-11-18(25(6)13-14)20-15(2)8-9-16-17-10-12-19(23(3,4)5)24-22(17)26-21(16)20;1-14(2)12-17-8-10-19-18-9-7-16(4)21(22(18)26-23(19)24-17)20-11-6-15(3)13-25(20)5;1-13(2)18-10-9-17-16-8-7-15(4)20(21(16)25-22(17)23-18)19-11-6-14(3)12-24(19)5/h7-12,14H,13H2,1-6H3;6-12,15H,2-5,13H2,1H3;7-13H,1-6H3;6-11,13-14H,12H2,1-5H3;6-13H,1-5H3/q5*+1/i3D3,4D3;4D2,15D;;1D3,14D;13D. The van der Waals surface area contributed by atoms with Gasteiger partial charge in [-0.15, -0.1) is 0 Å². The van der Waals surface area contributed by atoms with E-state index < -0.39 is 50.0 Å². The van der Waals surface area contributed by atoms with Gasteiger partial charge in [-0.3, -0.25) is 0 Å². The number of aryl methyl sites for hydroxylation is 13. The maximum absolute atomic E-state index is 8.79. The quantitative estimate of drug-likeness (QED) is 0.128. The summed E-state index contributed by atoms with van der Waals surface area (Å²) in [5.74, 6) is -3.69. The molecular formula is C115H121N10O5+5. The summed E-state index contributed by atoms with van der Waals surface area (Å²) in [6, 6.07) is 61.2. The Balaban J connectivity index is 0.000000119. The Labute approximate surface area is 781 Å². The van der Waals surface area contributed by atoms with Crippen LogP contribution in [0.1, 0.15) is 210 Å². The highest BCUT2D eigenvalue weighted by Gasteiger charge is 2.33. The normalized spacial score (nSPS) is 16.7. The summed E-state index contributed by atoms with van der Waals surface area (Å²) in [5, 5.41) is 9.72. The third-order valence-corrected chi connectivity index (χ3v) is 25.0. The highest BCUT2D eigenvalue weighted by molar-refractivity contribution is 6.13. The second-order valence-electron chi connectivity index (χ2n) is 37.2. The molecule has 0 spiro atoms. The van der Waals surface area contributed by atoms with Crippen LogP contribution in [-0.4, -0.2) is 24.9 Å². The van der Waals surface area contributed by atoms with Crippen LogP contribution in [-0.2, 0) is 53.0 Å². The average Bonchev–Trinajstić information content (AvgIpc) is 1.55. The van der Waals surface area contributed by atoms with E-state index in [4.69, 9.17) is 46.3 Å². The van der Waals surface area contributed by atoms with E-state index >= 15 is 0 Å². The fourth-order valence-corrected chi connectivity index (χ4v) is 18.5. The lowest BCUT2D eigenvalue weighted by Crippen LogP contribution is -2.32. The second-order valence-corrected chi connectivity index (χ2v) is 37.2. The van der Waals surface area contributed by atoms with Gasteiger partial charge in [-0.1, -0.05) is 136 Å². The molecule has 5 aromatic carbocycles. The van der Waals surface area contributed by atoms with Gasteiger partial charge in [0.05, 0.1) is 27.8 Å². The van der Waals surface area contributed by atoms with Gasteiger partial charge in [0.25, 0.3) is 0 Å². The minimum Gasteiger partial charge on any atom is -0.437 e. The van der Waals surface area contributed by atoms with E-state index in [-0.39, 0.29) is 18.3 Å². The molecule has 2 aliphatic rings. The van der Waals surface area contributed by atoms with Gasteiger partial charge >= 0.3 is 0 Å². The molecule has 1 fully saturated rings. The summed E-state index contributed by atoms with van der Waals surface area (Å²) in [6.45, 7) is 24.7. The monoisotopic (exact) mass is 1740 g/mol. The first-order valence-electron chi connectivity index (χ1n) is 51.6. The topological polar surface area (TPSA) is 150 Å². The number of rotatable bonds is 9. The number of nitrogens with zero attached hydrogens (tertiary/aromatic N) is 10. The van der Waals surface area contributed by atoms with Crippen LogP contribution in [0.2, 0.25) is 0 Å². The predicted octanol–water partition coefficient (Wildman–Crippen LogP) is 26.8. The molecule has 15 heteroatoms. The first kappa shape index (κ1) is 71.5. The van der Waals surface area contributed by atoms with Crippen molar-refractivity contribution in [3.05, 3.63) is 297 Å². The zero-order valence-electron chi connectivity index (χ0n) is 92.0. The van der Waals surface area contributed by atoms with Crippen molar-refractivity contribution in [2.24, 2.45) is 39.5 Å². The molecule has 130 heavy (non-hydrogen) atoms. The van der Waals surface area contributed by atoms with Gasteiger partial charge < -0.3 is 22.1 Å². The summed E-state index contributed by atoms with van der Waals surface area (Å²) in [7, 11) is 8.15. The lowest BCUT2D eigenvalue weighted by Gasteiger charge is -2.16. The maximum atomic E-state index is 8.79. The van der Waals surface area contributed by atoms with Crippen LogP contribution in [0.15, 0.2) is 235 Å². The minimum atomic E-state index is -2.67. The lowest BCUT2D eigenvalue weighted by atomic mass is 9.90. The van der Waals surface area contributed by atoms with Gasteiger partial charge in [-0.25, -0.2) is 43.2 Å². The van der Waals surface area contributed by atoms with Gasteiger partial charge in [-0.05, 0) is 224 Å². The van der Waals surface area contributed by atoms with E-state index in [9.17, 15) is 0 Å². The van der Waals surface area contributed by atoms with E-state index in [0.717, 1.165) is 167 Å². The lowest BCUT2D eigenvalue weighted by molar-refractivity contribution is -0.672. The van der Waals surface area contributed by atoms with Gasteiger partial charge in [-0.2, -0.15) is 4.57 Å². The molecule has 1 aliphatic carbocycles. The maximum Gasteiger partial charge on any atom is 0.227 e. The molecule has 0 saturated heterocycles. The molecule has 1 saturated carbocycles. The summed E-state index contributed by atoms with van der Waals surface area (Å²) >= 11 is 0. The Bertz CT molecular complexity index is 8360. The van der Waals surface area contributed by atoms with Crippen molar-refractivity contribution in [2.45, 2.75) is 194 Å². The van der Waals surface area contributed by atoms with Gasteiger partial charge in [0.1, 0.15) is 28.2 Å². The highest BCUT2D eigenvalue weighted by Crippen LogP contribution is 2.45. The Morgan fingerprint density at radius 2 is 0.762 bits per heavy atom. The van der Waals surface area contributed by atoms with E-state index in [1.165, 1.54) is 47.2 Å². The SMILES string of the molecule is Cc1ccc(-c2c(C)ccc3c2oc2nc(C(C)(C)C)ccc23)[n+](C)c1.[2H]C(C)(C)c1ccc2c(n1)oc1c(-c3ccc(C)c[n+]3C)c(C)ccc12.[2H]C([2H])([2H])C(C)(Cc1ccc2c(n1)oc1c(-c3ccc(C)c[n+]3C)c(C)ccc12)C([2H])([2H])[2H].[2H]C([2H])([2H])C([2H])(C)Cc1ccc2c(n1)oc1c(-c3ccc(C)c[n+]3C)c(C)ccc12.[2H]C1([2H])CCCC1([2H])c1ccc2c(n1)oc1c3c(ccc12)C[n+]1cc(C)ccc1-3. The van der Waals surface area contributed by atoms with Gasteiger partial charge in [0.2, 0.25) is 57.0 Å². The fourth-order valence-electron chi connectivity index (χ4n) is 18.5. The molecule has 0 radical (unpaired) electrons. The first-order valence-corrected chi connectivity index (χ1v) is 44.6. The van der Waals surface area contributed by atoms with Gasteiger partial charge in [0, 0.05) is 177 Å². The number of hydrogen-bond acceptors (Lipinski definition) is 10. The first-order chi connectivity index (χ1) is 67.6. The molecule has 2 atom stereocenters. The zero-order valence-corrected chi connectivity index (χ0v) is 78.0. The number of benzene rings is 5. The fraction of sp³-hybridized carbons (Fsp3) is 0.304. The van der Waals surface area contributed by atoms with E-state index in [2.05, 4.69) is 272 Å². The Hall–Kier alpha value is -13.4. The predicted molar refractivity (Wildman–Crippen MR) is 527 cm³/mol. The van der Waals surface area contributed by atoms with Crippen LogP contribution in [0.5, 0.6) is 0 Å². The molecular weight excluding hydrogens is 1600 g/mol. The van der Waals surface area contributed by atoms with Crippen LogP contribution in [0.4, 0.5) is 0 Å². The molecule has 22 rings (SSSR count). The molecule has 15 nitrogen and oxygen atoms in total. The molecule has 0 bridgehead atoms. The Morgan fingerprint density at radius 1 is 0.392 bits per heavy atom. The van der Waals surface area contributed by atoms with E-state index in [1.807, 2.05) is 96.4 Å².